The monoisotopic (exact) mass is 302 g/mol. The van der Waals surface area contributed by atoms with Crippen LogP contribution in [0.5, 0.6) is 0 Å². The SMILES string of the molecule is NC(C(=O)NCCc1ccc(Cl)s1)C1CCOCC1. The van der Waals surface area contributed by atoms with Crippen molar-refractivity contribution < 1.29 is 9.53 Å². The van der Waals surface area contributed by atoms with Crippen LogP contribution in [0.1, 0.15) is 17.7 Å². The van der Waals surface area contributed by atoms with Crippen molar-refractivity contribution in [2.75, 3.05) is 19.8 Å². The van der Waals surface area contributed by atoms with E-state index in [-0.39, 0.29) is 11.8 Å². The van der Waals surface area contributed by atoms with Gasteiger partial charge >= 0.3 is 0 Å². The lowest BCUT2D eigenvalue weighted by atomic mass is 9.92. The molecule has 6 heteroatoms. The molecule has 0 aliphatic carbocycles. The van der Waals surface area contributed by atoms with Gasteiger partial charge in [-0.25, -0.2) is 0 Å². The maximum absolute atomic E-state index is 11.9. The number of hydrogen-bond acceptors (Lipinski definition) is 4. The molecular formula is C13H19ClN2O2S. The first-order valence-electron chi connectivity index (χ1n) is 6.52. The molecule has 1 unspecified atom stereocenters. The molecule has 4 nitrogen and oxygen atoms in total. The number of carbonyl (C=O) groups excluding carboxylic acids is 1. The number of nitrogens with one attached hydrogen (secondary N) is 1. The van der Waals surface area contributed by atoms with Crippen LogP contribution in [0.2, 0.25) is 4.34 Å². The van der Waals surface area contributed by atoms with Crippen molar-refractivity contribution in [3.8, 4) is 0 Å². The van der Waals surface area contributed by atoms with Crippen molar-refractivity contribution in [1.82, 2.24) is 5.32 Å². The van der Waals surface area contributed by atoms with Gasteiger partial charge in [0.2, 0.25) is 5.91 Å². The lowest BCUT2D eigenvalue weighted by Gasteiger charge is -2.26. The van der Waals surface area contributed by atoms with Gasteiger partial charge in [0.05, 0.1) is 10.4 Å². The summed E-state index contributed by atoms with van der Waals surface area (Å²) in [5.74, 6) is 0.180. The molecule has 0 radical (unpaired) electrons. The van der Waals surface area contributed by atoms with Crippen molar-refractivity contribution in [1.29, 1.82) is 0 Å². The van der Waals surface area contributed by atoms with Crippen molar-refractivity contribution in [3.63, 3.8) is 0 Å². The second-order valence-electron chi connectivity index (χ2n) is 4.72. The summed E-state index contributed by atoms with van der Waals surface area (Å²) >= 11 is 7.40. The van der Waals surface area contributed by atoms with Gasteiger partial charge in [0, 0.05) is 24.6 Å². The van der Waals surface area contributed by atoms with Crippen LogP contribution in [0.25, 0.3) is 0 Å². The molecule has 1 aromatic heterocycles. The van der Waals surface area contributed by atoms with Gasteiger partial charge in [-0.3, -0.25) is 4.79 Å². The minimum Gasteiger partial charge on any atom is -0.381 e. The summed E-state index contributed by atoms with van der Waals surface area (Å²) in [4.78, 5) is 13.1. The average Bonchev–Trinajstić information content (AvgIpc) is 2.84. The molecule has 2 rings (SSSR count). The number of hydrogen-bond donors (Lipinski definition) is 2. The molecule has 0 aromatic carbocycles. The molecule has 1 amide bonds. The van der Waals surface area contributed by atoms with E-state index in [1.165, 1.54) is 4.88 Å². The predicted octanol–water partition coefficient (Wildman–Crippen LogP) is 1.81. The molecule has 0 saturated carbocycles. The topological polar surface area (TPSA) is 64.4 Å². The third-order valence-electron chi connectivity index (χ3n) is 3.38. The van der Waals surface area contributed by atoms with Gasteiger partial charge in [-0.05, 0) is 37.3 Å². The van der Waals surface area contributed by atoms with E-state index in [9.17, 15) is 4.79 Å². The average molecular weight is 303 g/mol. The van der Waals surface area contributed by atoms with Crippen LogP contribution in [0, 0.1) is 5.92 Å². The van der Waals surface area contributed by atoms with Crippen LogP contribution < -0.4 is 11.1 Å². The van der Waals surface area contributed by atoms with Crippen LogP contribution in [0.3, 0.4) is 0 Å². The molecule has 0 spiro atoms. The molecule has 1 atom stereocenters. The van der Waals surface area contributed by atoms with Gasteiger partial charge in [0.15, 0.2) is 0 Å². The lowest BCUT2D eigenvalue weighted by Crippen LogP contribution is -2.47. The van der Waals surface area contributed by atoms with E-state index < -0.39 is 6.04 Å². The van der Waals surface area contributed by atoms with Crippen molar-refractivity contribution in [2.24, 2.45) is 11.7 Å². The van der Waals surface area contributed by atoms with Crippen molar-refractivity contribution >= 4 is 28.8 Å². The Morgan fingerprint density at radius 1 is 1.53 bits per heavy atom. The number of ether oxygens (including phenoxy) is 1. The van der Waals surface area contributed by atoms with Crippen LogP contribution in [0.15, 0.2) is 12.1 Å². The molecule has 106 valence electrons. The summed E-state index contributed by atoms with van der Waals surface area (Å²) in [5, 5.41) is 2.90. The first-order valence-corrected chi connectivity index (χ1v) is 7.71. The molecule has 1 saturated heterocycles. The minimum atomic E-state index is -0.421. The van der Waals surface area contributed by atoms with Gasteiger partial charge in [-0.15, -0.1) is 11.3 Å². The van der Waals surface area contributed by atoms with Crippen LogP contribution >= 0.6 is 22.9 Å². The third-order valence-corrected chi connectivity index (χ3v) is 4.67. The predicted molar refractivity (Wildman–Crippen MR) is 77.6 cm³/mol. The molecule has 2 heterocycles. The Bertz CT molecular complexity index is 419. The Balaban J connectivity index is 1.71. The number of rotatable bonds is 5. The molecule has 3 N–H and O–H groups in total. The Morgan fingerprint density at radius 3 is 2.89 bits per heavy atom. The third kappa shape index (κ3) is 4.45. The number of nitrogens with two attached hydrogens (primary N) is 1. The highest BCUT2D eigenvalue weighted by molar-refractivity contribution is 7.16. The smallest absolute Gasteiger partial charge is 0.237 e. The maximum atomic E-state index is 11.9. The zero-order valence-electron chi connectivity index (χ0n) is 10.7. The molecule has 1 fully saturated rings. The van der Waals surface area contributed by atoms with E-state index in [4.69, 9.17) is 22.1 Å². The second-order valence-corrected chi connectivity index (χ2v) is 6.52. The summed E-state index contributed by atoms with van der Waals surface area (Å²) in [6, 6.07) is 3.44. The summed E-state index contributed by atoms with van der Waals surface area (Å²) in [7, 11) is 0. The van der Waals surface area contributed by atoms with Gasteiger partial charge in [-0.1, -0.05) is 11.6 Å². The van der Waals surface area contributed by atoms with E-state index in [2.05, 4.69) is 5.32 Å². The van der Waals surface area contributed by atoms with Gasteiger partial charge in [-0.2, -0.15) is 0 Å². The Morgan fingerprint density at radius 2 is 2.26 bits per heavy atom. The van der Waals surface area contributed by atoms with E-state index in [0.29, 0.717) is 19.8 Å². The first-order chi connectivity index (χ1) is 9.16. The van der Waals surface area contributed by atoms with Gasteiger partial charge < -0.3 is 15.8 Å². The Hall–Kier alpha value is -0.620. The Labute approximate surface area is 122 Å². The maximum Gasteiger partial charge on any atom is 0.237 e. The molecule has 1 aliphatic rings. The van der Waals surface area contributed by atoms with Crippen molar-refractivity contribution in [2.45, 2.75) is 25.3 Å². The van der Waals surface area contributed by atoms with Gasteiger partial charge in [0.1, 0.15) is 0 Å². The second kappa shape index (κ2) is 7.24. The largest absolute Gasteiger partial charge is 0.381 e. The van der Waals surface area contributed by atoms with Gasteiger partial charge in [0.25, 0.3) is 0 Å². The number of thiophene rings is 1. The van der Waals surface area contributed by atoms with E-state index in [0.717, 1.165) is 23.6 Å². The standard InChI is InChI=1S/C13H19ClN2O2S/c14-11-2-1-10(19-11)3-6-16-13(17)12(15)9-4-7-18-8-5-9/h1-2,9,12H,3-8,15H2,(H,16,17). The number of carbonyl (C=O) groups is 1. The number of amides is 1. The summed E-state index contributed by atoms with van der Waals surface area (Å²) < 4.78 is 6.05. The fraction of sp³-hybridized carbons (Fsp3) is 0.615. The highest BCUT2D eigenvalue weighted by Gasteiger charge is 2.26. The Kier molecular flexibility index (Phi) is 5.63. The van der Waals surface area contributed by atoms with E-state index in [1.807, 2.05) is 12.1 Å². The lowest BCUT2D eigenvalue weighted by molar-refractivity contribution is -0.124. The highest BCUT2D eigenvalue weighted by atomic mass is 35.5. The highest BCUT2D eigenvalue weighted by Crippen LogP contribution is 2.21. The number of halogens is 1. The quantitative estimate of drug-likeness (QED) is 0.872. The zero-order chi connectivity index (χ0) is 13.7. The minimum absolute atomic E-state index is 0.0606. The zero-order valence-corrected chi connectivity index (χ0v) is 12.3. The summed E-state index contributed by atoms with van der Waals surface area (Å²) in [6.45, 7) is 2.02. The molecular weight excluding hydrogens is 284 g/mol. The summed E-state index contributed by atoms with van der Waals surface area (Å²) in [5.41, 5.74) is 5.99. The van der Waals surface area contributed by atoms with E-state index >= 15 is 0 Å². The molecule has 19 heavy (non-hydrogen) atoms. The fourth-order valence-corrected chi connectivity index (χ4v) is 3.29. The fourth-order valence-electron chi connectivity index (χ4n) is 2.20. The molecule has 0 bridgehead atoms. The van der Waals surface area contributed by atoms with E-state index in [1.54, 1.807) is 11.3 Å². The van der Waals surface area contributed by atoms with Crippen LogP contribution in [0.4, 0.5) is 0 Å². The molecule has 1 aromatic rings. The summed E-state index contributed by atoms with van der Waals surface area (Å²) in [6.07, 6.45) is 2.54. The normalized spacial score (nSPS) is 18.2. The first kappa shape index (κ1) is 14.8. The molecule has 1 aliphatic heterocycles. The van der Waals surface area contributed by atoms with Crippen molar-refractivity contribution in [3.05, 3.63) is 21.3 Å². The van der Waals surface area contributed by atoms with Crippen LogP contribution in [-0.4, -0.2) is 31.7 Å². The van der Waals surface area contributed by atoms with Crippen LogP contribution in [-0.2, 0) is 16.0 Å².